The first kappa shape index (κ1) is 16.3. The van der Waals surface area contributed by atoms with Gasteiger partial charge in [0.15, 0.2) is 5.17 Å². The van der Waals surface area contributed by atoms with Gasteiger partial charge in [-0.3, -0.25) is 9.69 Å². The van der Waals surface area contributed by atoms with E-state index in [0.29, 0.717) is 5.75 Å². The zero-order valence-corrected chi connectivity index (χ0v) is 13.0. The standard InChI is InChI=1S/C12H10F3N3O3S2/c13-12(14,15)11(9(19)18-6-7-22-10(18)16-11)17-23(20,21)8-4-2-1-3-5-8/h1-5,17H,6-7H2/t11-/m0/s1. The highest BCUT2D eigenvalue weighted by molar-refractivity contribution is 8.14. The Kier molecular flexibility index (Phi) is 3.69. The van der Waals surface area contributed by atoms with Crippen molar-refractivity contribution < 1.29 is 26.4 Å². The highest BCUT2D eigenvalue weighted by atomic mass is 32.2. The Morgan fingerprint density at radius 2 is 1.91 bits per heavy atom. The molecule has 0 radical (unpaired) electrons. The number of benzene rings is 1. The van der Waals surface area contributed by atoms with Crippen molar-refractivity contribution >= 4 is 32.9 Å². The van der Waals surface area contributed by atoms with Gasteiger partial charge in [-0.05, 0) is 12.1 Å². The molecule has 6 nitrogen and oxygen atoms in total. The van der Waals surface area contributed by atoms with Gasteiger partial charge in [0.25, 0.3) is 5.91 Å². The van der Waals surface area contributed by atoms with E-state index in [1.165, 1.54) is 22.9 Å². The number of amides is 1. The minimum atomic E-state index is -5.20. The van der Waals surface area contributed by atoms with Gasteiger partial charge in [-0.15, -0.1) is 0 Å². The van der Waals surface area contributed by atoms with Crippen molar-refractivity contribution in [3.05, 3.63) is 30.3 Å². The minimum Gasteiger partial charge on any atom is -0.287 e. The van der Waals surface area contributed by atoms with Crippen molar-refractivity contribution in [1.82, 2.24) is 9.62 Å². The summed E-state index contributed by atoms with van der Waals surface area (Å²) in [6, 6.07) is 6.52. The van der Waals surface area contributed by atoms with Crippen molar-refractivity contribution in [2.75, 3.05) is 12.3 Å². The lowest BCUT2D eigenvalue weighted by Crippen LogP contribution is -2.63. The third-order valence-corrected chi connectivity index (χ3v) is 5.75. The van der Waals surface area contributed by atoms with Crippen molar-refractivity contribution in [3.8, 4) is 0 Å². The molecule has 0 bridgehead atoms. The lowest BCUT2D eigenvalue weighted by Gasteiger charge is -2.28. The summed E-state index contributed by atoms with van der Waals surface area (Å²) in [5, 5.41) is -0.122. The fraction of sp³-hybridized carbons (Fsp3) is 0.333. The molecular formula is C12H10F3N3O3S2. The van der Waals surface area contributed by atoms with Gasteiger partial charge in [0.05, 0.1) is 4.90 Å². The van der Waals surface area contributed by atoms with E-state index < -0.39 is 27.8 Å². The number of nitrogens with one attached hydrogen (secondary N) is 1. The molecule has 1 atom stereocenters. The first-order valence-electron chi connectivity index (χ1n) is 6.38. The second-order valence-corrected chi connectivity index (χ2v) is 7.57. The lowest BCUT2D eigenvalue weighted by molar-refractivity contribution is -0.194. The Labute approximate surface area is 133 Å². The van der Waals surface area contributed by atoms with Gasteiger partial charge >= 0.3 is 11.8 Å². The van der Waals surface area contributed by atoms with Gasteiger partial charge in [-0.1, -0.05) is 30.0 Å². The Morgan fingerprint density at radius 3 is 2.48 bits per heavy atom. The van der Waals surface area contributed by atoms with Crippen LogP contribution in [0.15, 0.2) is 40.2 Å². The molecule has 124 valence electrons. The minimum absolute atomic E-state index is 0.0627. The molecule has 2 aliphatic heterocycles. The maximum absolute atomic E-state index is 13.5. The van der Waals surface area contributed by atoms with Gasteiger partial charge in [0, 0.05) is 12.3 Å². The molecule has 1 fully saturated rings. The van der Waals surface area contributed by atoms with Gasteiger partial charge in [-0.25, -0.2) is 13.4 Å². The largest absolute Gasteiger partial charge is 0.437 e. The quantitative estimate of drug-likeness (QED) is 0.872. The van der Waals surface area contributed by atoms with E-state index in [4.69, 9.17) is 0 Å². The first-order chi connectivity index (χ1) is 10.7. The van der Waals surface area contributed by atoms with Crippen LogP contribution in [-0.2, 0) is 14.8 Å². The van der Waals surface area contributed by atoms with Crippen LogP contribution in [0.5, 0.6) is 0 Å². The number of hydrogen-bond acceptors (Lipinski definition) is 5. The molecule has 0 spiro atoms. The molecule has 11 heteroatoms. The van der Waals surface area contributed by atoms with Crippen LogP contribution >= 0.6 is 11.8 Å². The van der Waals surface area contributed by atoms with Crippen LogP contribution in [0.4, 0.5) is 13.2 Å². The van der Waals surface area contributed by atoms with E-state index in [0.717, 1.165) is 28.8 Å². The molecule has 2 aliphatic rings. The Balaban J connectivity index is 2.07. The molecular weight excluding hydrogens is 355 g/mol. The van der Waals surface area contributed by atoms with Crippen LogP contribution in [0.25, 0.3) is 0 Å². The molecule has 23 heavy (non-hydrogen) atoms. The van der Waals surface area contributed by atoms with E-state index in [1.54, 1.807) is 0 Å². The molecule has 0 unspecified atom stereocenters. The summed E-state index contributed by atoms with van der Waals surface area (Å²) in [5.41, 5.74) is -3.51. The third-order valence-electron chi connectivity index (χ3n) is 3.34. The van der Waals surface area contributed by atoms with Crippen molar-refractivity contribution in [1.29, 1.82) is 0 Å². The maximum atomic E-state index is 13.5. The first-order valence-corrected chi connectivity index (χ1v) is 8.85. The zero-order chi connectivity index (χ0) is 16.9. The van der Waals surface area contributed by atoms with Gasteiger partial charge in [0.2, 0.25) is 10.0 Å². The molecule has 0 aromatic heterocycles. The van der Waals surface area contributed by atoms with Gasteiger partial charge in [0.1, 0.15) is 0 Å². The van der Waals surface area contributed by atoms with Crippen molar-refractivity contribution in [3.63, 3.8) is 0 Å². The van der Waals surface area contributed by atoms with E-state index in [2.05, 4.69) is 4.99 Å². The normalized spacial score (nSPS) is 24.7. The van der Waals surface area contributed by atoms with Crippen molar-refractivity contribution in [2.45, 2.75) is 16.7 Å². The average Bonchev–Trinajstić information content (AvgIpc) is 3.02. The second kappa shape index (κ2) is 5.21. The number of carbonyl (C=O) groups is 1. The Hall–Kier alpha value is -1.59. The number of halogens is 3. The van der Waals surface area contributed by atoms with Gasteiger partial charge < -0.3 is 0 Å². The Bertz CT molecular complexity index is 780. The van der Waals surface area contributed by atoms with Gasteiger partial charge in [-0.2, -0.15) is 17.9 Å². The predicted molar refractivity (Wildman–Crippen MR) is 77.2 cm³/mol. The van der Waals surface area contributed by atoms with Crippen LogP contribution in [0.3, 0.4) is 0 Å². The second-order valence-electron chi connectivity index (χ2n) is 4.83. The average molecular weight is 365 g/mol. The number of thioether (sulfide) groups is 1. The number of hydrogen-bond donors (Lipinski definition) is 1. The monoisotopic (exact) mass is 365 g/mol. The highest BCUT2D eigenvalue weighted by Gasteiger charge is 2.68. The number of rotatable bonds is 3. The summed E-state index contributed by atoms with van der Waals surface area (Å²) in [5.74, 6) is -1.01. The number of aliphatic imine (C=N–C) groups is 1. The van der Waals surface area contributed by atoms with E-state index in [-0.39, 0.29) is 16.6 Å². The fourth-order valence-corrected chi connectivity index (χ4v) is 4.49. The molecule has 1 saturated heterocycles. The molecule has 1 aromatic rings. The highest BCUT2D eigenvalue weighted by Crippen LogP contribution is 2.41. The molecule has 2 heterocycles. The number of amidine groups is 1. The maximum Gasteiger partial charge on any atom is 0.437 e. The molecule has 1 aromatic carbocycles. The lowest BCUT2D eigenvalue weighted by atomic mass is 10.1. The summed E-state index contributed by atoms with van der Waals surface area (Å²) >= 11 is 0.977. The van der Waals surface area contributed by atoms with Crippen LogP contribution in [0.2, 0.25) is 0 Å². The topological polar surface area (TPSA) is 78.8 Å². The smallest absolute Gasteiger partial charge is 0.287 e. The van der Waals surface area contributed by atoms with E-state index in [1.807, 2.05) is 0 Å². The van der Waals surface area contributed by atoms with Crippen LogP contribution in [-0.4, -0.2) is 48.5 Å². The summed E-state index contributed by atoms with van der Waals surface area (Å²) < 4.78 is 66.5. The SMILES string of the molecule is O=C1N2CCSC2=N[C@@]1(NS(=O)(=O)c1ccccc1)C(F)(F)F. The van der Waals surface area contributed by atoms with E-state index >= 15 is 0 Å². The number of sulfonamides is 1. The summed E-state index contributed by atoms with van der Waals surface area (Å²) in [4.78, 5) is 16.1. The number of alkyl halides is 3. The van der Waals surface area contributed by atoms with E-state index in [9.17, 15) is 26.4 Å². The van der Waals surface area contributed by atoms with Crippen LogP contribution < -0.4 is 4.72 Å². The summed E-state index contributed by atoms with van der Waals surface area (Å²) in [6.07, 6.45) is -5.20. The molecule has 3 rings (SSSR count). The summed E-state index contributed by atoms with van der Waals surface area (Å²) in [7, 11) is -4.58. The number of fused-ring (bicyclic) bond motifs is 1. The zero-order valence-electron chi connectivity index (χ0n) is 11.4. The number of carbonyl (C=O) groups excluding carboxylic acids is 1. The predicted octanol–water partition coefficient (Wildman–Crippen LogP) is 1.17. The molecule has 0 saturated carbocycles. The Morgan fingerprint density at radius 1 is 1.26 bits per heavy atom. The molecule has 0 aliphatic carbocycles. The molecule has 1 N–H and O–H groups in total. The van der Waals surface area contributed by atoms with Crippen LogP contribution in [0.1, 0.15) is 0 Å². The number of nitrogens with zero attached hydrogens (tertiary/aromatic N) is 2. The third kappa shape index (κ3) is 2.52. The summed E-state index contributed by atoms with van der Waals surface area (Å²) in [6.45, 7) is 0.0627. The molecule has 1 amide bonds. The fourth-order valence-electron chi connectivity index (χ4n) is 2.23. The van der Waals surface area contributed by atoms with Crippen molar-refractivity contribution in [2.24, 2.45) is 4.99 Å². The van der Waals surface area contributed by atoms with Crippen LogP contribution in [0, 0.1) is 0 Å².